The number of nitrogens with one attached hydrogen (secondary N) is 1. The highest BCUT2D eigenvalue weighted by Crippen LogP contribution is 2.18. The Bertz CT molecular complexity index is 295. The van der Waals surface area contributed by atoms with Gasteiger partial charge in [-0.05, 0) is 45.3 Å². The molecule has 2 nitrogen and oxygen atoms in total. The molecule has 0 bridgehead atoms. The van der Waals surface area contributed by atoms with Gasteiger partial charge >= 0.3 is 0 Å². The smallest absolute Gasteiger partial charge is 0.126 e. The van der Waals surface area contributed by atoms with Gasteiger partial charge in [0.25, 0.3) is 0 Å². The Kier molecular flexibility index (Phi) is 5.05. The third kappa shape index (κ3) is 5.14. The maximum Gasteiger partial charge on any atom is 0.126 e. The van der Waals surface area contributed by atoms with Gasteiger partial charge in [-0.2, -0.15) is 0 Å². The van der Waals surface area contributed by atoms with Gasteiger partial charge < -0.3 is 10.2 Å². The first-order chi connectivity index (χ1) is 7.08. The molecular weight excluding hydrogens is 259 g/mol. The van der Waals surface area contributed by atoms with E-state index >= 15 is 0 Å². The van der Waals surface area contributed by atoms with Crippen molar-refractivity contribution in [1.82, 2.24) is 4.90 Å². The fourth-order valence-corrected chi connectivity index (χ4v) is 1.75. The first kappa shape index (κ1) is 12.5. The third-order valence-corrected chi connectivity index (χ3v) is 2.43. The standard InChI is InChI=1S/C11H16BrFN2/c1-15(2)5-3-4-14-11-7-9(12)6-10(13)8-11/h6-8,14H,3-5H2,1-2H3. The molecule has 0 radical (unpaired) electrons. The molecule has 1 rings (SSSR count). The molecule has 1 aromatic rings. The zero-order valence-electron chi connectivity index (χ0n) is 9.06. The van der Waals surface area contributed by atoms with Crippen molar-refractivity contribution < 1.29 is 4.39 Å². The topological polar surface area (TPSA) is 15.3 Å². The van der Waals surface area contributed by atoms with Crippen molar-refractivity contribution in [3.05, 3.63) is 28.5 Å². The molecule has 0 saturated heterocycles. The van der Waals surface area contributed by atoms with E-state index in [1.165, 1.54) is 12.1 Å². The van der Waals surface area contributed by atoms with Crippen molar-refractivity contribution in [3.63, 3.8) is 0 Å². The second kappa shape index (κ2) is 6.08. The second-order valence-electron chi connectivity index (χ2n) is 3.74. The van der Waals surface area contributed by atoms with E-state index in [9.17, 15) is 4.39 Å². The molecule has 0 saturated carbocycles. The summed E-state index contributed by atoms with van der Waals surface area (Å²) in [6.45, 7) is 1.89. The molecule has 0 amide bonds. The zero-order valence-corrected chi connectivity index (χ0v) is 10.6. The Morgan fingerprint density at radius 1 is 1.33 bits per heavy atom. The molecule has 4 heteroatoms. The summed E-state index contributed by atoms with van der Waals surface area (Å²) in [7, 11) is 4.08. The van der Waals surface area contributed by atoms with Crippen LogP contribution in [-0.2, 0) is 0 Å². The van der Waals surface area contributed by atoms with Gasteiger partial charge in [0.2, 0.25) is 0 Å². The maximum absolute atomic E-state index is 13.0. The van der Waals surface area contributed by atoms with Crippen molar-refractivity contribution in [2.45, 2.75) is 6.42 Å². The van der Waals surface area contributed by atoms with Crippen LogP contribution in [0.3, 0.4) is 0 Å². The van der Waals surface area contributed by atoms with Crippen LogP contribution >= 0.6 is 15.9 Å². The molecular formula is C11H16BrFN2. The van der Waals surface area contributed by atoms with Crippen molar-refractivity contribution in [3.8, 4) is 0 Å². The number of rotatable bonds is 5. The molecule has 84 valence electrons. The fourth-order valence-electron chi connectivity index (χ4n) is 1.28. The summed E-state index contributed by atoms with van der Waals surface area (Å²) >= 11 is 3.26. The Hall–Kier alpha value is -0.610. The number of anilines is 1. The minimum atomic E-state index is -0.223. The highest BCUT2D eigenvalue weighted by molar-refractivity contribution is 9.10. The number of benzene rings is 1. The average molecular weight is 275 g/mol. The second-order valence-corrected chi connectivity index (χ2v) is 4.66. The summed E-state index contributed by atoms with van der Waals surface area (Å²) in [5, 5.41) is 3.18. The van der Waals surface area contributed by atoms with Crippen molar-refractivity contribution >= 4 is 21.6 Å². The monoisotopic (exact) mass is 274 g/mol. The summed E-state index contributed by atoms with van der Waals surface area (Å²) in [5.74, 6) is -0.223. The third-order valence-electron chi connectivity index (χ3n) is 1.97. The molecule has 0 aliphatic heterocycles. The van der Waals surface area contributed by atoms with Crippen LogP contribution in [0.1, 0.15) is 6.42 Å². The zero-order chi connectivity index (χ0) is 11.3. The molecule has 0 heterocycles. The van der Waals surface area contributed by atoms with E-state index in [1.54, 1.807) is 0 Å². The summed E-state index contributed by atoms with van der Waals surface area (Å²) in [4.78, 5) is 2.13. The van der Waals surface area contributed by atoms with Gasteiger partial charge in [0.05, 0.1) is 0 Å². The number of nitrogens with zero attached hydrogens (tertiary/aromatic N) is 1. The maximum atomic E-state index is 13.0. The minimum absolute atomic E-state index is 0.223. The van der Waals surface area contributed by atoms with Crippen LogP contribution in [0.2, 0.25) is 0 Å². The van der Waals surface area contributed by atoms with E-state index in [4.69, 9.17) is 0 Å². The predicted molar refractivity (Wildman–Crippen MR) is 65.8 cm³/mol. The SMILES string of the molecule is CN(C)CCCNc1cc(F)cc(Br)c1. The summed E-state index contributed by atoms with van der Waals surface area (Å²) in [5.41, 5.74) is 0.820. The van der Waals surface area contributed by atoms with E-state index in [0.717, 1.165) is 29.7 Å². The largest absolute Gasteiger partial charge is 0.385 e. The lowest BCUT2D eigenvalue weighted by atomic mass is 10.3. The van der Waals surface area contributed by atoms with E-state index in [-0.39, 0.29) is 5.82 Å². The predicted octanol–water partition coefficient (Wildman–Crippen LogP) is 2.95. The Balaban J connectivity index is 2.37. The molecule has 1 N–H and O–H groups in total. The van der Waals surface area contributed by atoms with E-state index < -0.39 is 0 Å². The average Bonchev–Trinajstić information content (AvgIpc) is 2.10. The van der Waals surface area contributed by atoms with Gasteiger partial charge in [-0.3, -0.25) is 0 Å². The van der Waals surface area contributed by atoms with Gasteiger partial charge in [0, 0.05) is 16.7 Å². The van der Waals surface area contributed by atoms with E-state index in [0.29, 0.717) is 0 Å². The number of halogens is 2. The quantitative estimate of drug-likeness (QED) is 0.831. The van der Waals surface area contributed by atoms with Crippen molar-refractivity contribution in [1.29, 1.82) is 0 Å². The molecule has 0 aliphatic carbocycles. The lowest BCUT2D eigenvalue weighted by molar-refractivity contribution is 0.405. The van der Waals surface area contributed by atoms with Gasteiger partial charge in [0.15, 0.2) is 0 Å². The Labute approximate surface area is 98.6 Å². The Morgan fingerprint density at radius 3 is 2.67 bits per heavy atom. The first-order valence-corrected chi connectivity index (χ1v) is 5.72. The van der Waals surface area contributed by atoms with Gasteiger partial charge in [0.1, 0.15) is 5.82 Å². The molecule has 0 aromatic heterocycles. The van der Waals surface area contributed by atoms with E-state index in [1.807, 2.05) is 20.2 Å². The lowest BCUT2D eigenvalue weighted by Gasteiger charge is -2.10. The van der Waals surface area contributed by atoms with Crippen LogP contribution in [0, 0.1) is 5.82 Å². The first-order valence-electron chi connectivity index (χ1n) is 4.92. The molecule has 0 unspecified atom stereocenters. The molecule has 15 heavy (non-hydrogen) atoms. The summed E-state index contributed by atoms with van der Waals surface area (Å²) in [6, 6.07) is 4.82. The van der Waals surface area contributed by atoms with Crippen LogP contribution in [-0.4, -0.2) is 32.1 Å². The van der Waals surface area contributed by atoms with Crippen LogP contribution in [0.4, 0.5) is 10.1 Å². The van der Waals surface area contributed by atoms with Gasteiger partial charge in [-0.1, -0.05) is 15.9 Å². The van der Waals surface area contributed by atoms with Crippen molar-refractivity contribution in [2.24, 2.45) is 0 Å². The van der Waals surface area contributed by atoms with Gasteiger partial charge in [-0.15, -0.1) is 0 Å². The molecule has 0 fully saturated rings. The molecule has 1 aromatic carbocycles. The highest BCUT2D eigenvalue weighted by atomic mass is 79.9. The minimum Gasteiger partial charge on any atom is -0.385 e. The summed E-state index contributed by atoms with van der Waals surface area (Å²) in [6.07, 6.45) is 1.04. The fraction of sp³-hybridized carbons (Fsp3) is 0.455. The van der Waals surface area contributed by atoms with Crippen LogP contribution in [0.15, 0.2) is 22.7 Å². The van der Waals surface area contributed by atoms with Gasteiger partial charge in [-0.25, -0.2) is 4.39 Å². The number of hydrogen-bond donors (Lipinski definition) is 1. The normalized spacial score (nSPS) is 10.7. The molecule has 0 spiro atoms. The lowest BCUT2D eigenvalue weighted by Crippen LogP contribution is -2.16. The summed E-state index contributed by atoms with van der Waals surface area (Å²) < 4.78 is 13.7. The van der Waals surface area contributed by atoms with Crippen LogP contribution < -0.4 is 5.32 Å². The van der Waals surface area contributed by atoms with Crippen LogP contribution in [0.25, 0.3) is 0 Å². The highest BCUT2D eigenvalue weighted by Gasteiger charge is 1.98. The number of hydrogen-bond acceptors (Lipinski definition) is 2. The van der Waals surface area contributed by atoms with Crippen molar-refractivity contribution in [2.75, 3.05) is 32.5 Å². The molecule has 0 aliphatic rings. The van der Waals surface area contributed by atoms with Crippen LogP contribution in [0.5, 0.6) is 0 Å². The molecule has 0 atom stereocenters. The Morgan fingerprint density at radius 2 is 2.07 bits per heavy atom. The van der Waals surface area contributed by atoms with E-state index in [2.05, 4.69) is 26.1 Å².